The van der Waals surface area contributed by atoms with Gasteiger partial charge in [0.2, 0.25) is 0 Å². The molecule has 1 heterocycles. The van der Waals surface area contributed by atoms with Crippen LogP contribution in [0.2, 0.25) is 0 Å². The summed E-state index contributed by atoms with van der Waals surface area (Å²) in [5, 5.41) is 12.9. The lowest BCUT2D eigenvalue weighted by atomic mass is 10.0. The fourth-order valence-corrected chi connectivity index (χ4v) is 2.40. The Morgan fingerprint density at radius 2 is 2.06 bits per heavy atom. The summed E-state index contributed by atoms with van der Waals surface area (Å²) in [5.41, 5.74) is 0. The summed E-state index contributed by atoms with van der Waals surface area (Å²) in [6.45, 7) is 10.4. The number of hydrogen-bond acceptors (Lipinski definition) is 3. The third-order valence-electron chi connectivity index (χ3n) is 3.72. The highest BCUT2D eigenvalue weighted by atomic mass is 16.3. The topological polar surface area (TPSA) is 35.5 Å². The van der Waals surface area contributed by atoms with E-state index < -0.39 is 0 Å². The number of likely N-dealkylation sites (tertiary alicyclic amines) is 1. The highest BCUT2D eigenvalue weighted by molar-refractivity contribution is 4.79. The summed E-state index contributed by atoms with van der Waals surface area (Å²) in [4.78, 5) is 2.52. The number of aliphatic hydroxyl groups excluding tert-OH is 1. The van der Waals surface area contributed by atoms with E-state index in [0.717, 1.165) is 0 Å². The summed E-state index contributed by atoms with van der Waals surface area (Å²) < 4.78 is 0. The van der Waals surface area contributed by atoms with Crippen molar-refractivity contribution in [2.75, 3.05) is 26.2 Å². The zero-order valence-corrected chi connectivity index (χ0v) is 11.1. The second kappa shape index (κ2) is 7.25. The first-order chi connectivity index (χ1) is 7.67. The Hall–Kier alpha value is -0.120. The summed E-state index contributed by atoms with van der Waals surface area (Å²) >= 11 is 0. The van der Waals surface area contributed by atoms with E-state index in [1.54, 1.807) is 0 Å². The maximum atomic E-state index is 9.32. The molecule has 1 unspecified atom stereocenters. The van der Waals surface area contributed by atoms with Crippen LogP contribution in [0.25, 0.3) is 0 Å². The van der Waals surface area contributed by atoms with Crippen LogP contribution in [0.5, 0.6) is 0 Å². The molecular formula is C13H28N2O. The number of nitrogens with zero attached hydrogens (tertiary/aromatic N) is 1. The van der Waals surface area contributed by atoms with Crippen LogP contribution in [0.4, 0.5) is 0 Å². The predicted molar refractivity (Wildman–Crippen MR) is 68.6 cm³/mol. The molecule has 2 N–H and O–H groups in total. The second-order valence-electron chi connectivity index (χ2n) is 5.26. The minimum absolute atomic E-state index is 0.256. The maximum Gasteiger partial charge on any atom is 0.0587 e. The molecule has 0 bridgehead atoms. The Kier molecular flexibility index (Phi) is 6.32. The van der Waals surface area contributed by atoms with Gasteiger partial charge in [-0.3, -0.25) is 0 Å². The molecule has 1 aliphatic rings. The Morgan fingerprint density at radius 1 is 1.31 bits per heavy atom. The van der Waals surface area contributed by atoms with E-state index in [0.29, 0.717) is 12.0 Å². The lowest BCUT2D eigenvalue weighted by Gasteiger charge is -2.26. The van der Waals surface area contributed by atoms with Crippen molar-refractivity contribution in [2.24, 2.45) is 5.92 Å². The van der Waals surface area contributed by atoms with Crippen LogP contribution in [-0.2, 0) is 0 Å². The van der Waals surface area contributed by atoms with Crippen molar-refractivity contribution < 1.29 is 5.11 Å². The van der Waals surface area contributed by atoms with Crippen molar-refractivity contribution in [1.82, 2.24) is 10.2 Å². The van der Waals surface area contributed by atoms with Crippen LogP contribution in [0.15, 0.2) is 0 Å². The van der Waals surface area contributed by atoms with Crippen molar-refractivity contribution >= 4 is 0 Å². The Bertz CT molecular complexity index is 185. The molecule has 0 amide bonds. The van der Waals surface area contributed by atoms with Gasteiger partial charge in [0.15, 0.2) is 0 Å². The number of hydrogen-bond donors (Lipinski definition) is 2. The molecule has 1 aliphatic heterocycles. The van der Waals surface area contributed by atoms with Gasteiger partial charge in [0, 0.05) is 12.1 Å². The summed E-state index contributed by atoms with van der Waals surface area (Å²) in [5.74, 6) is 0.510. The van der Waals surface area contributed by atoms with Crippen LogP contribution >= 0.6 is 0 Å². The van der Waals surface area contributed by atoms with Gasteiger partial charge >= 0.3 is 0 Å². The van der Waals surface area contributed by atoms with E-state index in [4.69, 9.17) is 0 Å². The van der Waals surface area contributed by atoms with Crippen molar-refractivity contribution in [2.45, 2.75) is 52.1 Å². The van der Waals surface area contributed by atoms with Gasteiger partial charge in [0.1, 0.15) is 0 Å². The molecule has 1 rings (SSSR count). The fourth-order valence-electron chi connectivity index (χ4n) is 2.40. The molecule has 0 aromatic carbocycles. The van der Waals surface area contributed by atoms with Gasteiger partial charge < -0.3 is 15.3 Å². The molecule has 1 fully saturated rings. The molecule has 0 aliphatic carbocycles. The van der Waals surface area contributed by atoms with Crippen LogP contribution in [-0.4, -0.2) is 48.3 Å². The minimum Gasteiger partial charge on any atom is -0.395 e. The third kappa shape index (κ3) is 4.40. The van der Waals surface area contributed by atoms with Gasteiger partial charge in [-0.15, -0.1) is 0 Å². The van der Waals surface area contributed by atoms with Crippen LogP contribution < -0.4 is 5.32 Å². The molecule has 2 atom stereocenters. The molecule has 0 radical (unpaired) electrons. The third-order valence-corrected chi connectivity index (χ3v) is 3.72. The molecule has 3 nitrogen and oxygen atoms in total. The van der Waals surface area contributed by atoms with E-state index in [1.807, 2.05) is 0 Å². The number of nitrogens with one attached hydrogen (secondary N) is 1. The zero-order valence-electron chi connectivity index (χ0n) is 11.1. The molecule has 0 aromatic rings. The highest BCUT2D eigenvalue weighted by Crippen LogP contribution is 2.13. The van der Waals surface area contributed by atoms with Gasteiger partial charge in [-0.1, -0.05) is 20.8 Å². The summed E-state index contributed by atoms with van der Waals surface area (Å²) in [6, 6.07) is 0.856. The van der Waals surface area contributed by atoms with Crippen LogP contribution in [0.3, 0.4) is 0 Å². The van der Waals surface area contributed by atoms with Crippen LogP contribution in [0, 0.1) is 5.92 Å². The molecular weight excluding hydrogens is 200 g/mol. The van der Waals surface area contributed by atoms with Gasteiger partial charge in [-0.25, -0.2) is 0 Å². The maximum absolute atomic E-state index is 9.32. The Labute approximate surface area is 100 Å². The largest absolute Gasteiger partial charge is 0.395 e. The second-order valence-corrected chi connectivity index (χ2v) is 5.26. The fraction of sp³-hybridized carbons (Fsp3) is 1.00. The SMILES string of the molecule is CCN1CCCC(N[C@H](CO)C(C)C)CC1. The van der Waals surface area contributed by atoms with Crippen LogP contribution in [0.1, 0.15) is 40.0 Å². The van der Waals surface area contributed by atoms with Gasteiger partial charge in [-0.2, -0.15) is 0 Å². The standard InChI is InChI=1S/C13H28N2O/c1-4-15-8-5-6-12(7-9-15)14-13(10-16)11(2)3/h11-14,16H,4-10H2,1-3H3/t12?,13-/m1/s1. The van der Waals surface area contributed by atoms with Crippen molar-refractivity contribution in [3.63, 3.8) is 0 Å². The normalized spacial score (nSPS) is 25.7. The molecule has 0 spiro atoms. The van der Waals surface area contributed by atoms with Gasteiger partial charge in [0.05, 0.1) is 6.61 Å². The van der Waals surface area contributed by atoms with E-state index in [-0.39, 0.29) is 12.6 Å². The highest BCUT2D eigenvalue weighted by Gasteiger charge is 2.20. The van der Waals surface area contributed by atoms with E-state index in [1.165, 1.54) is 38.9 Å². The first-order valence-corrected chi connectivity index (χ1v) is 6.76. The minimum atomic E-state index is 0.256. The zero-order chi connectivity index (χ0) is 12.0. The van der Waals surface area contributed by atoms with Crippen molar-refractivity contribution in [3.8, 4) is 0 Å². The summed E-state index contributed by atoms with van der Waals surface area (Å²) in [6.07, 6.45) is 3.75. The molecule has 96 valence electrons. The van der Waals surface area contributed by atoms with Gasteiger partial charge in [-0.05, 0) is 44.8 Å². The Morgan fingerprint density at radius 3 is 2.62 bits per heavy atom. The predicted octanol–water partition coefficient (Wildman–Crippen LogP) is 1.47. The van der Waals surface area contributed by atoms with Crippen molar-refractivity contribution in [3.05, 3.63) is 0 Å². The number of rotatable bonds is 5. The van der Waals surface area contributed by atoms with E-state index in [9.17, 15) is 5.11 Å². The number of aliphatic hydroxyl groups is 1. The van der Waals surface area contributed by atoms with Gasteiger partial charge in [0.25, 0.3) is 0 Å². The first kappa shape index (κ1) is 13.9. The molecule has 0 saturated carbocycles. The van der Waals surface area contributed by atoms with E-state index in [2.05, 4.69) is 31.0 Å². The summed E-state index contributed by atoms with van der Waals surface area (Å²) in [7, 11) is 0. The average Bonchev–Trinajstić information content (AvgIpc) is 2.50. The smallest absolute Gasteiger partial charge is 0.0587 e. The molecule has 16 heavy (non-hydrogen) atoms. The molecule has 1 saturated heterocycles. The quantitative estimate of drug-likeness (QED) is 0.748. The Balaban J connectivity index is 2.36. The lowest BCUT2D eigenvalue weighted by molar-refractivity contribution is 0.194. The molecule has 0 aromatic heterocycles. The van der Waals surface area contributed by atoms with Crippen molar-refractivity contribution in [1.29, 1.82) is 0 Å². The average molecular weight is 228 g/mol. The monoisotopic (exact) mass is 228 g/mol. The molecule has 3 heteroatoms. The first-order valence-electron chi connectivity index (χ1n) is 6.76. The lowest BCUT2D eigenvalue weighted by Crippen LogP contribution is -2.44. The van der Waals surface area contributed by atoms with E-state index >= 15 is 0 Å².